The number of hydrogen-bond donors (Lipinski definition) is 0. The second-order valence-corrected chi connectivity index (χ2v) is 14.5. The number of aromatic nitrogens is 3. The number of rotatable bonds is 6. The van der Waals surface area contributed by atoms with Crippen LogP contribution in [0.5, 0.6) is 0 Å². The van der Waals surface area contributed by atoms with Crippen molar-refractivity contribution in [2.24, 2.45) is 0 Å². The molecule has 0 aliphatic heterocycles. The Morgan fingerprint density at radius 2 is 1.31 bits per heavy atom. The number of hydrogen-bond acceptors (Lipinski definition) is 3. The van der Waals surface area contributed by atoms with E-state index in [-0.39, 0.29) is 25.7 Å². The van der Waals surface area contributed by atoms with Gasteiger partial charge in [0.25, 0.3) is 0 Å². The van der Waals surface area contributed by atoms with Gasteiger partial charge >= 0.3 is 0 Å². The Morgan fingerprint density at radius 1 is 0.627 bits per heavy atom. The molecule has 1 radical (unpaired) electrons. The van der Waals surface area contributed by atoms with E-state index < -0.39 is 6.85 Å². The van der Waals surface area contributed by atoms with E-state index in [2.05, 4.69) is 170 Å². The van der Waals surface area contributed by atoms with Gasteiger partial charge in [0.1, 0.15) is 0 Å². The number of benzene rings is 7. The summed E-state index contributed by atoms with van der Waals surface area (Å²) < 4.78 is 30.1. The molecule has 289 valence electrons. The van der Waals surface area contributed by atoms with E-state index in [9.17, 15) is 0 Å². The summed E-state index contributed by atoms with van der Waals surface area (Å²) in [5, 5.41) is 0.988. The Bertz CT molecular complexity index is 3060. The van der Waals surface area contributed by atoms with Crippen LogP contribution >= 0.6 is 0 Å². The first-order chi connectivity index (χ1) is 29.6. The van der Waals surface area contributed by atoms with Crippen molar-refractivity contribution in [1.82, 2.24) is 14.5 Å². The Hall–Kier alpha value is -6.65. The average molecular weight is 943 g/mol. The van der Waals surface area contributed by atoms with E-state index in [0.29, 0.717) is 0 Å². The number of para-hydroxylation sites is 3. The maximum atomic E-state index is 7.23. The average Bonchev–Trinajstić information content (AvgIpc) is 3.88. The van der Waals surface area contributed by atoms with Gasteiger partial charge in [-0.2, -0.15) is 0 Å². The van der Waals surface area contributed by atoms with Crippen molar-refractivity contribution in [1.29, 1.82) is 0 Å². The van der Waals surface area contributed by atoms with Crippen LogP contribution in [0.15, 0.2) is 180 Å². The van der Waals surface area contributed by atoms with Crippen molar-refractivity contribution in [3.8, 4) is 61.7 Å². The fourth-order valence-electron chi connectivity index (χ4n) is 7.94. The van der Waals surface area contributed by atoms with Gasteiger partial charge in [0.05, 0.1) is 22.5 Å². The van der Waals surface area contributed by atoms with Crippen molar-refractivity contribution >= 4 is 22.0 Å². The molecule has 0 spiro atoms. The van der Waals surface area contributed by atoms with E-state index in [4.69, 9.17) is 13.5 Å². The Morgan fingerprint density at radius 3 is 1.95 bits per heavy atom. The first-order valence-corrected chi connectivity index (χ1v) is 19.3. The molecular weight excluding hydrogens is 899 g/mol. The quantitative estimate of drug-likeness (QED) is 0.156. The molecule has 3 aromatic heterocycles. The molecule has 0 saturated carbocycles. The maximum absolute atomic E-state index is 7.23. The fourth-order valence-corrected chi connectivity index (χ4v) is 7.94. The van der Waals surface area contributed by atoms with Crippen LogP contribution in [-0.2, 0) is 20.1 Å². The van der Waals surface area contributed by atoms with Gasteiger partial charge in [0.15, 0.2) is 0 Å². The molecule has 10 aromatic rings. The Balaban J connectivity index is 0.000000263. The van der Waals surface area contributed by atoms with Crippen LogP contribution in [0.4, 0.5) is 0 Å². The number of imidazole rings is 1. The third-order valence-corrected chi connectivity index (χ3v) is 10.4. The van der Waals surface area contributed by atoms with Crippen LogP contribution in [0, 0.1) is 40.0 Å². The van der Waals surface area contributed by atoms with Gasteiger partial charge in [-0.25, -0.2) is 0 Å². The molecule has 0 aliphatic rings. The SMILES string of the molecule is Cc1cc(C)c(-c2ccc3o[c-]c(-c4nc5ccccc5n4-c4c(-c5ccccc5)cccc4-c4ccccc4)c3c2)c(C)c1.[2H]C([2H])([2H])c1ccc(-c2[c-]cccc2)nc1.[Ir]. The van der Waals surface area contributed by atoms with E-state index >= 15 is 0 Å². The topological polar surface area (TPSA) is 43.9 Å². The molecule has 0 atom stereocenters. The molecule has 7 aromatic carbocycles. The minimum atomic E-state index is -2.09. The molecule has 0 amide bonds. The molecule has 0 saturated heterocycles. The molecule has 0 N–H and O–H groups in total. The number of pyridine rings is 1. The number of furan rings is 1. The number of aryl methyl sites for hydroxylation is 4. The molecule has 0 aliphatic carbocycles. The molecule has 0 fully saturated rings. The molecule has 0 bridgehead atoms. The zero-order valence-corrected chi connectivity index (χ0v) is 35.2. The smallest absolute Gasteiger partial charge is 0.0774 e. The predicted molar refractivity (Wildman–Crippen MR) is 239 cm³/mol. The molecule has 59 heavy (non-hydrogen) atoms. The van der Waals surface area contributed by atoms with Gasteiger partial charge < -0.3 is 14.0 Å². The third-order valence-electron chi connectivity index (χ3n) is 10.4. The number of fused-ring (bicyclic) bond motifs is 2. The summed E-state index contributed by atoms with van der Waals surface area (Å²) >= 11 is 0. The molecule has 5 heteroatoms. The summed E-state index contributed by atoms with van der Waals surface area (Å²) in [6.45, 7) is 4.43. The summed E-state index contributed by atoms with van der Waals surface area (Å²) in [5.41, 5.74) is 17.2. The third kappa shape index (κ3) is 7.83. The van der Waals surface area contributed by atoms with Crippen molar-refractivity contribution in [3.05, 3.63) is 211 Å². The van der Waals surface area contributed by atoms with E-state index in [1.54, 1.807) is 18.2 Å². The second kappa shape index (κ2) is 17.1. The molecule has 0 unspecified atom stereocenters. The van der Waals surface area contributed by atoms with Gasteiger partial charge in [-0.1, -0.05) is 150 Å². The molecule has 4 nitrogen and oxygen atoms in total. The van der Waals surface area contributed by atoms with E-state index in [1.807, 2.05) is 24.3 Å². The van der Waals surface area contributed by atoms with Crippen molar-refractivity contribution < 1.29 is 28.6 Å². The zero-order chi connectivity index (χ0) is 42.1. The molecule has 3 heterocycles. The van der Waals surface area contributed by atoms with Gasteiger partial charge in [-0.15, -0.1) is 35.9 Å². The van der Waals surface area contributed by atoms with Crippen LogP contribution in [0.25, 0.3) is 83.7 Å². The standard InChI is InChI=1S/C42H31N2O.C12H10N.Ir/c1-27-23-28(2)40(29(3)24-27)32-21-22-39-35(25-32)36(26-45-39)42-43-37-19-10-11-20-38(37)44(42)41-33(30-13-6-4-7-14-30)17-12-18-34(41)31-15-8-5-9-16-31;1-10-7-8-12(13-9-10)11-5-3-2-4-6-11;/h4-25H,1-3H3;2-5,7-9H,1H3;/q2*-1;/i;1D3;. The van der Waals surface area contributed by atoms with Crippen LogP contribution in [0.3, 0.4) is 0 Å². The fraction of sp³-hybridized carbons (Fsp3) is 0.0741. The van der Waals surface area contributed by atoms with Crippen LogP contribution in [0.2, 0.25) is 0 Å². The van der Waals surface area contributed by atoms with Crippen LogP contribution < -0.4 is 0 Å². The van der Waals surface area contributed by atoms with Crippen molar-refractivity contribution in [3.63, 3.8) is 0 Å². The van der Waals surface area contributed by atoms with Crippen LogP contribution in [-0.4, -0.2) is 14.5 Å². The first kappa shape index (κ1) is 35.5. The number of nitrogens with zero attached hydrogens (tertiary/aromatic N) is 3. The molecule has 10 rings (SSSR count). The van der Waals surface area contributed by atoms with E-state index in [0.717, 1.165) is 78.2 Å². The zero-order valence-electron chi connectivity index (χ0n) is 35.8. The largest absolute Gasteiger partial charge is 0.557 e. The summed E-state index contributed by atoms with van der Waals surface area (Å²) in [5.74, 6) is 0.796. The van der Waals surface area contributed by atoms with E-state index in [1.165, 1.54) is 28.5 Å². The summed E-state index contributed by atoms with van der Waals surface area (Å²) in [4.78, 5) is 9.40. The van der Waals surface area contributed by atoms with Crippen molar-refractivity contribution in [2.45, 2.75) is 27.6 Å². The summed E-state index contributed by atoms with van der Waals surface area (Å²) in [7, 11) is 0. The predicted octanol–water partition coefficient (Wildman–Crippen LogP) is 14.0. The monoisotopic (exact) mass is 943 g/mol. The van der Waals surface area contributed by atoms with Gasteiger partial charge in [0.2, 0.25) is 0 Å². The molecular formula is C54H41IrN3O-2. The van der Waals surface area contributed by atoms with Crippen LogP contribution in [0.1, 0.15) is 26.4 Å². The Labute approximate surface area is 363 Å². The first-order valence-electron chi connectivity index (χ1n) is 20.8. The second-order valence-electron chi connectivity index (χ2n) is 14.5. The summed E-state index contributed by atoms with van der Waals surface area (Å²) in [6, 6.07) is 60.8. The maximum Gasteiger partial charge on any atom is 0.0774 e. The summed E-state index contributed by atoms with van der Waals surface area (Å²) in [6.07, 6.45) is 4.67. The van der Waals surface area contributed by atoms with Gasteiger partial charge in [-0.3, -0.25) is 4.98 Å². The van der Waals surface area contributed by atoms with Crippen molar-refractivity contribution in [2.75, 3.05) is 0 Å². The Kier molecular flexibility index (Phi) is 10.3. The van der Waals surface area contributed by atoms with Gasteiger partial charge in [0, 0.05) is 53.4 Å². The minimum Gasteiger partial charge on any atom is -0.557 e. The minimum absolute atomic E-state index is 0. The van der Waals surface area contributed by atoms with Gasteiger partial charge in [-0.05, 0) is 84.4 Å². The normalized spacial score (nSPS) is 11.9.